The second-order valence-electron chi connectivity index (χ2n) is 8.60. The molecule has 184 valence electrons. The number of amides is 4. The van der Waals surface area contributed by atoms with Crippen molar-refractivity contribution < 1.29 is 34.2 Å². The van der Waals surface area contributed by atoms with Gasteiger partial charge in [0.2, 0.25) is 23.6 Å². The van der Waals surface area contributed by atoms with Crippen molar-refractivity contribution in [2.75, 3.05) is 7.05 Å². The number of carboxylic acid groups (broad SMARTS) is 1. The van der Waals surface area contributed by atoms with Crippen LogP contribution < -0.4 is 21.7 Å². The molecule has 13 heteroatoms. The summed E-state index contributed by atoms with van der Waals surface area (Å²) in [6.45, 7) is 3.43. The van der Waals surface area contributed by atoms with E-state index in [2.05, 4.69) is 16.0 Å². The zero-order valence-corrected chi connectivity index (χ0v) is 19.6. The first kappa shape index (κ1) is 25.3. The predicted octanol–water partition coefficient (Wildman–Crippen LogP) is -1.36. The van der Waals surface area contributed by atoms with E-state index >= 15 is 0 Å². The van der Waals surface area contributed by atoms with E-state index in [1.54, 1.807) is 13.8 Å². The van der Waals surface area contributed by atoms with E-state index in [1.165, 1.54) is 48.0 Å². The molecule has 2 aliphatic heterocycles. The SMILES string of the molecule is CNC(=O)C[C@@H](N)C(=O)N[C@@H](C(=O)NC1C(=O)N2[C@@H]1SC(C)(C)[C@@H]2C(=O)O)c1ccc(O)cc1. The number of aromatic hydroxyl groups is 1. The average molecular weight is 494 g/mol. The summed E-state index contributed by atoms with van der Waals surface area (Å²) in [6.07, 6.45) is -0.299. The molecule has 0 bridgehead atoms. The van der Waals surface area contributed by atoms with Gasteiger partial charge in [0.05, 0.1) is 12.5 Å². The molecule has 1 unspecified atom stereocenters. The van der Waals surface area contributed by atoms with Crippen molar-refractivity contribution in [3.63, 3.8) is 0 Å². The number of carboxylic acids is 1. The quantitative estimate of drug-likeness (QED) is 0.238. The molecule has 2 aliphatic rings. The first-order chi connectivity index (χ1) is 15.9. The molecule has 3 rings (SSSR count). The van der Waals surface area contributed by atoms with E-state index in [-0.39, 0.29) is 12.2 Å². The number of benzene rings is 1. The van der Waals surface area contributed by atoms with Crippen LogP contribution in [-0.2, 0) is 24.0 Å². The van der Waals surface area contributed by atoms with Crippen molar-refractivity contribution in [1.82, 2.24) is 20.9 Å². The Morgan fingerprint density at radius 3 is 2.35 bits per heavy atom. The fraction of sp³-hybridized carbons (Fsp3) is 0.476. The maximum atomic E-state index is 13.2. The molecule has 2 heterocycles. The van der Waals surface area contributed by atoms with E-state index < -0.39 is 63.9 Å². The molecule has 0 saturated carbocycles. The van der Waals surface area contributed by atoms with Crippen molar-refractivity contribution in [3.05, 3.63) is 29.8 Å². The molecule has 5 atom stereocenters. The van der Waals surface area contributed by atoms with Crippen molar-refractivity contribution in [2.45, 2.75) is 54.6 Å². The number of hydrogen-bond donors (Lipinski definition) is 6. The third kappa shape index (κ3) is 4.80. The number of aliphatic carboxylic acids is 1. The lowest BCUT2D eigenvalue weighted by atomic mass is 9.95. The molecule has 2 fully saturated rings. The molecule has 0 radical (unpaired) electrons. The molecule has 0 aliphatic carbocycles. The van der Waals surface area contributed by atoms with E-state index in [9.17, 15) is 34.2 Å². The minimum atomic E-state index is -1.28. The van der Waals surface area contributed by atoms with E-state index in [0.717, 1.165) is 0 Å². The maximum Gasteiger partial charge on any atom is 0.327 e. The first-order valence-corrected chi connectivity index (χ1v) is 11.3. The Hall–Kier alpha value is -3.32. The summed E-state index contributed by atoms with van der Waals surface area (Å²) in [5.41, 5.74) is 6.09. The molecule has 2 saturated heterocycles. The van der Waals surface area contributed by atoms with E-state index in [1.807, 2.05) is 0 Å². The second kappa shape index (κ2) is 9.50. The van der Waals surface area contributed by atoms with Gasteiger partial charge < -0.3 is 36.8 Å². The number of carbonyl (C=O) groups is 5. The van der Waals surface area contributed by atoms with Gasteiger partial charge in [-0.2, -0.15) is 0 Å². The molecule has 0 aromatic heterocycles. The minimum absolute atomic E-state index is 0.0559. The first-order valence-electron chi connectivity index (χ1n) is 10.5. The van der Waals surface area contributed by atoms with Crippen LogP contribution in [0.1, 0.15) is 31.9 Å². The summed E-state index contributed by atoms with van der Waals surface area (Å²) < 4.78 is -0.761. The standard InChI is InChI=1S/C21H27N5O7S/c1-21(2)15(20(32)33)26-18(31)14(19(26)34-21)25-17(30)13(9-4-6-10(27)7-5-9)24-16(29)11(22)8-12(28)23-3/h4-7,11,13-15,19,27H,8,22H2,1-3H3,(H,23,28)(H,24,29)(H,25,30)(H,32,33)/t11-,13-,14?,15+,19-/m1/s1. The van der Waals surface area contributed by atoms with Crippen LogP contribution in [0.3, 0.4) is 0 Å². The van der Waals surface area contributed by atoms with Crippen LogP contribution in [0.4, 0.5) is 0 Å². The molecule has 1 aromatic rings. The fourth-order valence-electron chi connectivity index (χ4n) is 3.99. The molecule has 34 heavy (non-hydrogen) atoms. The molecule has 1 aromatic carbocycles. The zero-order valence-electron chi connectivity index (χ0n) is 18.8. The van der Waals surface area contributed by atoms with Gasteiger partial charge in [0.15, 0.2) is 0 Å². The van der Waals surface area contributed by atoms with E-state index in [0.29, 0.717) is 5.56 Å². The van der Waals surface area contributed by atoms with Gasteiger partial charge in [0.1, 0.15) is 29.2 Å². The molecule has 0 spiro atoms. The monoisotopic (exact) mass is 493 g/mol. The van der Waals surface area contributed by atoms with Gasteiger partial charge >= 0.3 is 5.97 Å². The lowest BCUT2D eigenvalue weighted by Gasteiger charge is -2.44. The molecule has 4 amide bonds. The number of phenols is 1. The highest BCUT2D eigenvalue weighted by Crippen LogP contribution is 2.50. The van der Waals surface area contributed by atoms with Crippen LogP contribution in [0.25, 0.3) is 0 Å². The van der Waals surface area contributed by atoms with Crippen molar-refractivity contribution in [1.29, 1.82) is 0 Å². The Kier molecular flexibility index (Phi) is 7.07. The van der Waals surface area contributed by atoms with Crippen LogP contribution in [0.15, 0.2) is 24.3 Å². The smallest absolute Gasteiger partial charge is 0.327 e. The van der Waals surface area contributed by atoms with Crippen LogP contribution in [0.2, 0.25) is 0 Å². The summed E-state index contributed by atoms with van der Waals surface area (Å²) >= 11 is 1.27. The van der Waals surface area contributed by atoms with Gasteiger partial charge in [-0.25, -0.2) is 4.79 Å². The van der Waals surface area contributed by atoms with Gasteiger partial charge in [0.25, 0.3) is 0 Å². The molecule has 12 nitrogen and oxygen atoms in total. The third-order valence-corrected chi connectivity index (χ3v) is 7.34. The van der Waals surface area contributed by atoms with Crippen LogP contribution in [-0.4, -0.2) is 80.0 Å². The maximum absolute atomic E-state index is 13.2. The van der Waals surface area contributed by atoms with E-state index in [4.69, 9.17) is 5.73 Å². The Morgan fingerprint density at radius 1 is 1.18 bits per heavy atom. The Balaban J connectivity index is 1.78. The normalized spacial score (nSPS) is 24.3. The van der Waals surface area contributed by atoms with Gasteiger partial charge in [-0.1, -0.05) is 12.1 Å². The summed E-state index contributed by atoms with van der Waals surface area (Å²) in [5.74, 6) is -3.66. The number of β-lactam (4-membered cyclic amide) rings is 1. The number of nitrogens with one attached hydrogen (secondary N) is 3. The number of thioether (sulfide) groups is 1. The average Bonchev–Trinajstić information content (AvgIpc) is 3.03. The van der Waals surface area contributed by atoms with Gasteiger partial charge in [-0.3, -0.25) is 19.2 Å². The summed E-state index contributed by atoms with van der Waals surface area (Å²) in [4.78, 5) is 62.9. The topological polar surface area (TPSA) is 191 Å². The fourth-order valence-corrected chi connectivity index (χ4v) is 5.62. The van der Waals surface area contributed by atoms with Crippen LogP contribution in [0, 0.1) is 0 Å². The van der Waals surface area contributed by atoms with Crippen molar-refractivity contribution in [3.8, 4) is 5.75 Å². The lowest BCUT2D eigenvalue weighted by molar-refractivity contribution is -0.161. The third-order valence-electron chi connectivity index (χ3n) is 5.77. The molecular formula is C21H27N5O7S. The second-order valence-corrected chi connectivity index (χ2v) is 10.4. The zero-order chi connectivity index (χ0) is 25.4. The number of phenolic OH excluding ortho intramolecular Hbond substituents is 1. The largest absolute Gasteiger partial charge is 0.508 e. The van der Waals surface area contributed by atoms with Crippen LogP contribution >= 0.6 is 11.8 Å². The highest BCUT2D eigenvalue weighted by Gasteiger charge is 2.64. The minimum Gasteiger partial charge on any atom is -0.508 e. The summed E-state index contributed by atoms with van der Waals surface area (Å²) in [7, 11) is 1.40. The van der Waals surface area contributed by atoms with Gasteiger partial charge in [0, 0.05) is 11.8 Å². The van der Waals surface area contributed by atoms with Gasteiger partial charge in [-0.15, -0.1) is 11.8 Å². The lowest BCUT2D eigenvalue weighted by Crippen LogP contribution is -2.71. The Morgan fingerprint density at radius 2 is 1.79 bits per heavy atom. The number of nitrogens with two attached hydrogens (primary N) is 1. The number of fused-ring (bicyclic) bond motifs is 1. The Bertz CT molecular complexity index is 1020. The van der Waals surface area contributed by atoms with Gasteiger partial charge in [-0.05, 0) is 31.5 Å². The highest BCUT2D eigenvalue weighted by molar-refractivity contribution is 8.01. The number of rotatable bonds is 8. The number of carbonyl (C=O) groups excluding carboxylic acids is 4. The number of hydrogen-bond acceptors (Lipinski definition) is 8. The van der Waals surface area contributed by atoms with Crippen molar-refractivity contribution >= 4 is 41.4 Å². The summed E-state index contributed by atoms with van der Waals surface area (Å²) in [5, 5.41) is 26.0. The van der Waals surface area contributed by atoms with Crippen LogP contribution in [0.5, 0.6) is 5.75 Å². The molecular weight excluding hydrogens is 466 g/mol. The highest BCUT2D eigenvalue weighted by atomic mass is 32.2. The molecule has 7 N–H and O–H groups in total. The Labute approximate surface area is 199 Å². The van der Waals surface area contributed by atoms with Crippen molar-refractivity contribution in [2.24, 2.45) is 5.73 Å². The predicted molar refractivity (Wildman–Crippen MR) is 121 cm³/mol. The summed E-state index contributed by atoms with van der Waals surface area (Å²) in [6, 6.07) is 0.997. The number of nitrogens with zero attached hydrogens (tertiary/aromatic N) is 1.